The SMILES string of the molecule is COc1ccc(Nc2ccc(NC(=O)c3ccc(C)cc3)nn2)cc1Cl. The average Bonchev–Trinajstić information content (AvgIpc) is 2.64. The highest BCUT2D eigenvalue weighted by Gasteiger charge is 2.08. The molecule has 132 valence electrons. The van der Waals surface area contributed by atoms with Crippen molar-refractivity contribution >= 4 is 34.8 Å². The van der Waals surface area contributed by atoms with Gasteiger partial charge >= 0.3 is 0 Å². The predicted octanol–water partition coefficient (Wildman–Crippen LogP) is 4.44. The van der Waals surface area contributed by atoms with Gasteiger partial charge in [0.2, 0.25) is 0 Å². The molecule has 0 fully saturated rings. The van der Waals surface area contributed by atoms with E-state index in [4.69, 9.17) is 16.3 Å². The summed E-state index contributed by atoms with van der Waals surface area (Å²) >= 11 is 6.10. The smallest absolute Gasteiger partial charge is 0.256 e. The van der Waals surface area contributed by atoms with Crippen LogP contribution in [-0.2, 0) is 0 Å². The van der Waals surface area contributed by atoms with Crippen LogP contribution >= 0.6 is 11.6 Å². The van der Waals surface area contributed by atoms with Gasteiger partial charge in [0.15, 0.2) is 11.6 Å². The number of carbonyl (C=O) groups excluding carboxylic acids is 1. The van der Waals surface area contributed by atoms with E-state index in [0.29, 0.717) is 28.0 Å². The molecule has 0 unspecified atom stereocenters. The van der Waals surface area contributed by atoms with Gasteiger partial charge in [-0.05, 0) is 49.4 Å². The molecule has 0 aliphatic heterocycles. The number of rotatable bonds is 5. The van der Waals surface area contributed by atoms with Crippen LogP contribution in [0.2, 0.25) is 5.02 Å². The number of methoxy groups -OCH3 is 1. The second-order valence-corrected chi connectivity index (χ2v) is 6.01. The van der Waals surface area contributed by atoms with Gasteiger partial charge in [0.1, 0.15) is 5.75 Å². The first kappa shape index (κ1) is 17.7. The van der Waals surface area contributed by atoms with E-state index in [1.807, 2.05) is 25.1 Å². The maximum atomic E-state index is 12.2. The third-order valence-electron chi connectivity index (χ3n) is 3.64. The normalized spacial score (nSPS) is 10.3. The lowest BCUT2D eigenvalue weighted by atomic mass is 10.1. The molecule has 0 aliphatic carbocycles. The Morgan fingerprint density at radius 3 is 2.31 bits per heavy atom. The van der Waals surface area contributed by atoms with Crippen LogP contribution in [0.4, 0.5) is 17.3 Å². The van der Waals surface area contributed by atoms with Gasteiger partial charge in [0.05, 0.1) is 12.1 Å². The highest BCUT2D eigenvalue weighted by molar-refractivity contribution is 6.32. The van der Waals surface area contributed by atoms with Gasteiger partial charge in [-0.2, -0.15) is 0 Å². The zero-order valence-corrected chi connectivity index (χ0v) is 15.0. The first-order chi connectivity index (χ1) is 12.5. The number of hydrogen-bond donors (Lipinski definition) is 2. The van der Waals surface area contributed by atoms with Gasteiger partial charge in [-0.3, -0.25) is 4.79 Å². The lowest BCUT2D eigenvalue weighted by Crippen LogP contribution is -2.13. The molecule has 7 heteroatoms. The second-order valence-electron chi connectivity index (χ2n) is 5.60. The van der Waals surface area contributed by atoms with Crippen LogP contribution in [0.25, 0.3) is 0 Å². The van der Waals surface area contributed by atoms with E-state index in [2.05, 4.69) is 20.8 Å². The minimum absolute atomic E-state index is 0.234. The molecule has 1 heterocycles. The highest BCUT2D eigenvalue weighted by Crippen LogP contribution is 2.28. The van der Waals surface area contributed by atoms with E-state index >= 15 is 0 Å². The van der Waals surface area contributed by atoms with Crippen molar-refractivity contribution in [2.45, 2.75) is 6.92 Å². The number of hydrogen-bond acceptors (Lipinski definition) is 5. The maximum absolute atomic E-state index is 12.2. The van der Waals surface area contributed by atoms with Gasteiger partial charge in [-0.25, -0.2) is 0 Å². The number of aromatic nitrogens is 2. The van der Waals surface area contributed by atoms with Crippen molar-refractivity contribution in [1.29, 1.82) is 0 Å². The first-order valence-corrected chi connectivity index (χ1v) is 8.25. The van der Waals surface area contributed by atoms with E-state index in [1.54, 1.807) is 43.5 Å². The van der Waals surface area contributed by atoms with Crippen molar-refractivity contribution < 1.29 is 9.53 Å². The molecular formula is C19H17ClN4O2. The van der Waals surface area contributed by atoms with Crippen molar-refractivity contribution in [3.05, 3.63) is 70.7 Å². The van der Waals surface area contributed by atoms with Crippen LogP contribution in [0.15, 0.2) is 54.6 Å². The van der Waals surface area contributed by atoms with E-state index < -0.39 is 0 Å². The molecule has 0 saturated carbocycles. The van der Waals surface area contributed by atoms with Gasteiger partial charge in [-0.15, -0.1) is 10.2 Å². The summed E-state index contributed by atoms with van der Waals surface area (Å²) in [7, 11) is 1.56. The molecule has 3 aromatic rings. The number of nitrogens with zero attached hydrogens (tertiary/aromatic N) is 2. The van der Waals surface area contributed by atoms with Crippen molar-refractivity contribution in [2.24, 2.45) is 0 Å². The zero-order chi connectivity index (χ0) is 18.5. The van der Waals surface area contributed by atoms with E-state index in [1.165, 1.54) is 0 Å². The quantitative estimate of drug-likeness (QED) is 0.696. The fourth-order valence-corrected chi connectivity index (χ4v) is 2.51. The third-order valence-corrected chi connectivity index (χ3v) is 3.94. The Hall–Kier alpha value is -3.12. The number of ether oxygens (including phenoxy) is 1. The lowest BCUT2D eigenvalue weighted by molar-refractivity contribution is 0.102. The summed E-state index contributed by atoms with van der Waals surface area (Å²) in [6.45, 7) is 1.97. The Bertz CT molecular complexity index is 912. The summed E-state index contributed by atoms with van der Waals surface area (Å²) in [4.78, 5) is 12.2. The van der Waals surface area contributed by atoms with Crippen LogP contribution in [0.1, 0.15) is 15.9 Å². The summed E-state index contributed by atoms with van der Waals surface area (Å²) < 4.78 is 5.12. The molecule has 0 spiro atoms. The van der Waals surface area contributed by atoms with Crippen LogP contribution in [0, 0.1) is 6.92 Å². The molecule has 0 saturated heterocycles. The summed E-state index contributed by atoms with van der Waals surface area (Å²) in [6, 6.07) is 16.0. The van der Waals surface area contributed by atoms with Gasteiger partial charge in [-0.1, -0.05) is 29.3 Å². The monoisotopic (exact) mass is 368 g/mol. The van der Waals surface area contributed by atoms with Gasteiger partial charge in [0, 0.05) is 11.3 Å². The summed E-state index contributed by atoms with van der Waals surface area (Å²) in [6.07, 6.45) is 0. The van der Waals surface area contributed by atoms with Crippen molar-refractivity contribution in [3.8, 4) is 5.75 Å². The number of halogens is 1. The fraction of sp³-hybridized carbons (Fsp3) is 0.105. The first-order valence-electron chi connectivity index (χ1n) is 7.87. The number of nitrogens with one attached hydrogen (secondary N) is 2. The van der Waals surface area contributed by atoms with Crippen LogP contribution in [0.5, 0.6) is 5.75 Å². The summed E-state index contributed by atoms with van der Waals surface area (Å²) in [5.74, 6) is 1.26. The molecule has 0 radical (unpaired) electrons. The number of amides is 1. The maximum Gasteiger partial charge on any atom is 0.256 e. The Kier molecular flexibility index (Phi) is 5.34. The Morgan fingerprint density at radius 2 is 1.69 bits per heavy atom. The number of aryl methyl sites for hydroxylation is 1. The minimum atomic E-state index is -0.234. The second kappa shape index (κ2) is 7.84. The molecule has 0 atom stereocenters. The minimum Gasteiger partial charge on any atom is -0.495 e. The largest absolute Gasteiger partial charge is 0.495 e. The predicted molar refractivity (Wildman–Crippen MR) is 102 cm³/mol. The number of carbonyl (C=O) groups is 1. The van der Waals surface area contributed by atoms with Crippen LogP contribution in [-0.4, -0.2) is 23.2 Å². The Balaban J connectivity index is 1.65. The Morgan fingerprint density at radius 1 is 1.00 bits per heavy atom. The molecule has 26 heavy (non-hydrogen) atoms. The number of anilines is 3. The van der Waals surface area contributed by atoms with Gasteiger partial charge in [0.25, 0.3) is 5.91 Å². The van der Waals surface area contributed by atoms with Crippen molar-refractivity contribution in [2.75, 3.05) is 17.7 Å². The summed E-state index contributed by atoms with van der Waals surface area (Å²) in [5.41, 5.74) is 2.41. The topological polar surface area (TPSA) is 76.1 Å². The molecule has 0 aliphatic rings. The third kappa shape index (κ3) is 4.29. The van der Waals surface area contributed by atoms with E-state index in [-0.39, 0.29) is 5.91 Å². The molecule has 2 N–H and O–H groups in total. The zero-order valence-electron chi connectivity index (χ0n) is 14.3. The van der Waals surface area contributed by atoms with E-state index in [9.17, 15) is 4.79 Å². The molecule has 2 aromatic carbocycles. The molecule has 1 amide bonds. The van der Waals surface area contributed by atoms with Gasteiger partial charge < -0.3 is 15.4 Å². The lowest BCUT2D eigenvalue weighted by Gasteiger charge is -2.09. The number of benzene rings is 2. The standard InChI is InChI=1S/C19H17ClN4O2/c1-12-3-5-13(6-4-12)19(25)22-18-10-9-17(23-24-18)21-14-7-8-16(26-2)15(20)11-14/h3-11H,1-2H3,(H,21,23)(H,22,24,25). The molecule has 3 rings (SSSR count). The van der Waals surface area contributed by atoms with E-state index in [0.717, 1.165) is 11.3 Å². The highest BCUT2D eigenvalue weighted by atomic mass is 35.5. The van der Waals surface area contributed by atoms with Crippen LogP contribution in [0.3, 0.4) is 0 Å². The van der Waals surface area contributed by atoms with Crippen molar-refractivity contribution in [1.82, 2.24) is 10.2 Å². The summed E-state index contributed by atoms with van der Waals surface area (Å²) in [5, 5.41) is 14.4. The average molecular weight is 369 g/mol. The fourth-order valence-electron chi connectivity index (χ4n) is 2.25. The molecular weight excluding hydrogens is 352 g/mol. The molecule has 1 aromatic heterocycles. The molecule has 6 nitrogen and oxygen atoms in total. The van der Waals surface area contributed by atoms with Crippen molar-refractivity contribution in [3.63, 3.8) is 0 Å². The molecule has 0 bridgehead atoms. The van der Waals surface area contributed by atoms with Crippen LogP contribution < -0.4 is 15.4 Å². The Labute approximate surface area is 156 Å².